The predicted molar refractivity (Wildman–Crippen MR) is 97.6 cm³/mol. The largest absolute Gasteiger partial charge is 0.487 e. The van der Waals surface area contributed by atoms with E-state index in [1.807, 2.05) is 12.1 Å². The Labute approximate surface area is 143 Å². The molecule has 2 aromatic rings. The Morgan fingerprint density at radius 3 is 2.52 bits per heavy atom. The lowest BCUT2D eigenvalue weighted by atomic mass is 10.1. The van der Waals surface area contributed by atoms with Crippen molar-refractivity contribution in [2.75, 3.05) is 24.2 Å². The molecular formula is C19H24N2OS. The zero-order valence-corrected chi connectivity index (χ0v) is 14.7. The molecule has 0 aliphatic carbocycles. The molecule has 1 aliphatic rings. The highest BCUT2D eigenvalue weighted by molar-refractivity contribution is 7.98. The highest BCUT2D eigenvalue weighted by atomic mass is 32.2. The Morgan fingerprint density at radius 1 is 1.09 bits per heavy atom. The summed E-state index contributed by atoms with van der Waals surface area (Å²) >= 11 is 1.74. The predicted octanol–water partition coefficient (Wildman–Crippen LogP) is 4.68. The Balaban J connectivity index is 1.68. The number of piperidine rings is 1. The van der Waals surface area contributed by atoms with Gasteiger partial charge in [0.2, 0.25) is 0 Å². The van der Waals surface area contributed by atoms with Crippen LogP contribution in [-0.4, -0.2) is 24.3 Å². The number of aromatic nitrogens is 1. The molecule has 122 valence electrons. The number of hydrogen-bond donors (Lipinski definition) is 0. The lowest BCUT2D eigenvalue weighted by molar-refractivity contribution is 0.301. The van der Waals surface area contributed by atoms with Crippen molar-refractivity contribution >= 4 is 17.4 Å². The summed E-state index contributed by atoms with van der Waals surface area (Å²) in [4.78, 5) is 8.34. The van der Waals surface area contributed by atoms with Gasteiger partial charge in [-0.1, -0.05) is 0 Å². The van der Waals surface area contributed by atoms with Gasteiger partial charge in [0.15, 0.2) is 0 Å². The maximum Gasteiger partial charge on any atom is 0.130 e. The molecule has 2 heterocycles. The number of thioether (sulfide) groups is 1. The zero-order valence-electron chi connectivity index (χ0n) is 13.9. The van der Waals surface area contributed by atoms with Crippen LogP contribution in [-0.2, 0) is 6.61 Å². The second-order valence-electron chi connectivity index (χ2n) is 5.97. The number of rotatable bonds is 5. The van der Waals surface area contributed by atoms with E-state index in [-0.39, 0.29) is 0 Å². The van der Waals surface area contributed by atoms with Gasteiger partial charge in [-0.2, -0.15) is 0 Å². The maximum atomic E-state index is 5.90. The minimum Gasteiger partial charge on any atom is -0.487 e. The summed E-state index contributed by atoms with van der Waals surface area (Å²) in [6.45, 7) is 4.88. The van der Waals surface area contributed by atoms with Crippen molar-refractivity contribution in [2.24, 2.45) is 0 Å². The molecule has 1 fully saturated rings. The van der Waals surface area contributed by atoms with Gasteiger partial charge < -0.3 is 9.64 Å². The Kier molecular flexibility index (Phi) is 5.44. The summed E-state index contributed by atoms with van der Waals surface area (Å²) in [6, 6.07) is 12.6. The van der Waals surface area contributed by atoms with Crippen LogP contribution in [0.4, 0.5) is 5.69 Å². The molecule has 0 radical (unpaired) electrons. The summed E-state index contributed by atoms with van der Waals surface area (Å²) in [5, 5.41) is 0. The van der Waals surface area contributed by atoms with Crippen LogP contribution in [0.15, 0.2) is 41.3 Å². The van der Waals surface area contributed by atoms with Crippen molar-refractivity contribution in [1.82, 2.24) is 4.98 Å². The molecule has 0 N–H and O–H groups in total. The van der Waals surface area contributed by atoms with Crippen LogP contribution >= 0.6 is 11.8 Å². The molecule has 3 nitrogen and oxygen atoms in total. The second-order valence-corrected chi connectivity index (χ2v) is 6.85. The third-order valence-electron chi connectivity index (χ3n) is 4.16. The van der Waals surface area contributed by atoms with Crippen molar-refractivity contribution in [1.29, 1.82) is 0 Å². The summed E-state index contributed by atoms with van der Waals surface area (Å²) < 4.78 is 5.90. The van der Waals surface area contributed by atoms with E-state index in [9.17, 15) is 0 Å². The smallest absolute Gasteiger partial charge is 0.130 e. The van der Waals surface area contributed by atoms with Crippen molar-refractivity contribution in [3.05, 3.63) is 47.8 Å². The van der Waals surface area contributed by atoms with Crippen LogP contribution in [0.3, 0.4) is 0 Å². The van der Waals surface area contributed by atoms with Crippen LogP contribution in [0.1, 0.15) is 30.7 Å². The van der Waals surface area contributed by atoms with Gasteiger partial charge in [0.05, 0.1) is 5.69 Å². The molecule has 0 bridgehead atoms. The molecule has 1 aromatic heterocycles. The molecule has 0 amide bonds. The molecular weight excluding hydrogens is 304 g/mol. The van der Waals surface area contributed by atoms with E-state index in [4.69, 9.17) is 4.74 Å². The fourth-order valence-electron chi connectivity index (χ4n) is 2.96. The first-order chi connectivity index (χ1) is 11.2. The standard InChI is InChI=1S/C19H24N2OS/c1-15-12-17(21-10-4-3-5-11-21)13-16(20-15)14-22-18-6-8-19(23-2)9-7-18/h6-9,12-13H,3-5,10-11,14H2,1-2H3. The fourth-order valence-corrected chi connectivity index (χ4v) is 3.36. The van der Waals surface area contributed by atoms with E-state index in [1.54, 1.807) is 11.8 Å². The van der Waals surface area contributed by atoms with Crippen LogP contribution in [0.2, 0.25) is 0 Å². The molecule has 0 unspecified atom stereocenters. The fraction of sp³-hybridized carbons (Fsp3) is 0.421. The summed E-state index contributed by atoms with van der Waals surface area (Å²) in [7, 11) is 0. The third kappa shape index (κ3) is 4.41. The zero-order chi connectivity index (χ0) is 16.1. The second kappa shape index (κ2) is 7.73. The summed E-state index contributed by atoms with van der Waals surface area (Å²) in [6.07, 6.45) is 6.00. The van der Waals surface area contributed by atoms with E-state index < -0.39 is 0 Å². The highest BCUT2D eigenvalue weighted by Gasteiger charge is 2.12. The van der Waals surface area contributed by atoms with E-state index >= 15 is 0 Å². The van der Waals surface area contributed by atoms with Crippen molar-refractivity contribution in [3.8, 4) is 5.75 Å². The molecule has 0 atom stereocenters. The van der Waals surface area contributed by atoms with Gasteiger partial charge in [-0.05, 0) is 68.8 Å². The van der Waals surface area contributed by atoms with Crippen molar-refractivity contribution in [3.63, 3.8) is 0 Å². The highest BCUT2D eigenvalue weighted by Crippen LogP contribution is 2.23. The maximum absolute atomic E-state index is 5.90. The first-order valence-electron chi connectivity index (χ1n) is 8.24. The molecule has 1 saturated heterocycles. The monoisotopic (exact) mass is 328 g/mol. The molecule has 3 rings (SSSR count). The molecule has 1 aromatic carbocycles. The molecule has 0 saturated carbocycles. The Bertz CT molecular complexity index is 636. The average molecular weight is 328 g/mol. The van der Waals surface area contributed by atoms with Crippen LogP contribution in [0.5, 0.6) is 5.75 Å². The van der Waals surface area contributed by atoms with Crippen LogP contribution in [0, 0.1) is 6.92 Å². The first-order valence-corrected chi connectivity index (χ1v) is 9.46. The van der Waals surface area contributed by atoms with E-state index in [2.05, 4.69) is 47.3 Å². The number of pyridine rings is 1. The van der Waals surface area contributed by atoms with E-state index in [0.29, 0.717) is 6.61 Å². The normalized spacial score (nSPS) is 14.8. The summed E-state index contributed by atoms with van der Waals surface area (Å²) in [5.74, 6) is 0.894. The average Bonchev–Trinajstić information content (AvgIpc) is 2.61. The topological polar surface area (TPSA) is 25.4 Å². The van der Waals surface area contributed by atoms with E-state index in [1.165, 1.54) is 29.8 Å². The number of ether oxygens (including phenoxy) is 1. The Morgan fingerprint density at radius 2 is 1.83 bits per heavy atom. The van der Waals surface area contributed by atoms with Gasteiger partial charge in [-0.3, -0.25) is 4.98 Å². The SMILES string of the molecule is CSc1ccc(OCc2cc(N3CCCCC3)cc(C)n2)cc1. The van der Waals surface area contributed by atoms with E-state index in [0.717, 1.165) is 30.2 Å². The lowest BCUT2D eigenvalue weighted by Crippen LogP contribution is -2.29. The van der Waals surface area contributed by atoms with Crippen LogP contribution < -0.4 is 9.64 Å². The summed E-state index contributed by atoms with van der Waals surface area (Å²) in [5.41, 5.74) is 3.34. The Hall–Kier alpha value is -1.68. The van der Waals surface area contributed by atoms with Crippen LogP contribution in [0.25, 0.3) is 0 Å². The van der Waals surface area contributed by atoms with Gasteiger partial charge in [0.1, 0.15) is 12.4 Å². The van der Waals surface area contributed by atoms with Gasteiger partial charge in [-0.15, -0.1) is 11.8 Å². The third-order valence-corrected chi connectivity index (χ3v) is 4.90. The number of nitrogens with zero attached hydrogens (tertiary/aromatic N) is 2. The number of anilines is 1. The number of benzene rings is 1. The minimum absolute atomic E-state index is 0.515. The first kappa shape index (κ1) is 16.2. The quantitative estimate of drug-likeness (QED) is 0.744. The number of aryl methyl sites for hydroxylation is 1. The van der Waals surface area contributed by atoms with Gasteiger partial charge in [0.25, 0.3) is 0 Å². The van der Waals surface area contributed by atoms with Crippen molar-refractivity contribution in [2.45, 2.75) is 37.7 Å². The number of hydrogen-bond acceptors (Lipinski definition) is 4. The molecule has 23 heavy (non-hydrogen) atoms. The molecule has 0 spiro atoms. The minimum atomic E-state index is 0.515. The molecule has 1 aliphatic heterocycles. The van der Waals surface area contributed by atoms with Gasteiger partial charge in [-0.25, -0.2) is 0 Å². The van der Waals surface area contributed by atoms with Gasteiger partial charge >= 0.3 is 0 Å². The van der Waals surface area contributed by atoms with Gasteiger partial charge in [0, 0.05) is 29.4 Å². The molecule has 4 heteroatoms. The van der Waals surface area contributed by atoms with Crippen molar-refractivity contribution < 1.29 is 4.74 Å². The lowest BCUT2D eigenvalue weighted by Gasteiger charge is -2.29.